The number of rotatable bonds is 2. The van der Waals surface area contributed by atoms with Crippen molar-refractivity contribution in [2.75, 3.05) is 13.1 Å². The molecule has 1 fully saturated rings. The van der Waals surface area contributed by atoms with Crippen molar-refractivity contribution in [1.82, 2.24) is 4.90 Å². The molecule has 1 heteroatoms. The third kappa shape index (κ3) is 4.14. The van der Waals surface area contributed by atoms with Crippen molar-refractivity contribution < 1.29 is 0 Å². The molecule has 0 amide bonds. The maximum absolute atomic E-state index is 2.60. The summed E-state index contributed by atoms with van der Waals surface area (Å²) in [6.45, 7) is 18.4. The van der Waals surface area contributed by atoms with Gasteiger partial charge in [0.15, 0.2) is 0 Å². The van der Waals surface area contributed by atoms with Crippen LogP contribution in [0.25, 0.3) is 0 Å². The summed E-state index contributed by atoms with van der Waals surface area (Å²) in [7, 11) is 0. The highest BCUT2D eigenvalue weighted by Gasteiger charge is 2.33. The van der Waals surface area contributed by atoms with Crippen LogP contribution in [0.15, 0.2) is 0 Å². The van der Waals surface area contributed by atoms with Crippen LogP contribution in [0.5, 0.6) is 0 Å². The van der Waals surface area contributed by atoms with E-state index < -0.39 is 0 Å². The Morgan fingerprint density at radius 2 is 1.33 bits per heavy atom. The van der Waals surface area contributed by atoms with E-state index in [1.807, 2.05) is 13.8 Å². The van der Waals surface area contributed by atoms with Gasteiger partial charge in [0, 0.05) is 6.04 Å². The summed E-state index contributed by atoms with van der Waals surface area (Å²) in [5.41, 5.74) is 0.603. The Kier molecular flexibility index (Phi) is 6.51. The largest absolute Gasteiger partial charge is 0.301 e. The van der Waals surface area contributed by atoms with Gasteiger partial charge in [-0.2, -0.15) is 0 Å². The molecule has 1 aliphatic heterocycles. The molecular formula is C14H31N. The second-order valence-corrected chi connectivity index (χ2v) is 5.44. The maximum atomic E-state index is 2.60. The Hall–Kier alpha value is -0.0400. The fourth-order valence-electron chi connectivity index (χ4n) is 2.13. The summed E-state index contributed by atoms with van der Waals surface area (Å²) < 4.78 is 0. The van der Waals surface area contributed by atoms with Crippen LogP contribution < -0.4 is 0 Å². The molecule has 1 saturated heterocycles. The van der Waals surface area contributed by atoms with Gasteiger partial charge in [-0.3, -0.25) is 0 Å². The second-order valence-electron chi connectivity index (χ2n) is 5.44. The van der Waals surface area contributed by atoms with Gasteiger partial charge in [-0.15, -0.1) is 0 Å². The number of nitrogens with zero attached hydrogens (tertiary/aromatic N) is 1. The molecule has 1 nitrogen and oxygen atoms in total. The molecule has 0 unspecified atom stereocenters. The highest BCUT2D eigenvalue weighted by atomic mass is 15.2. The normalized spacial score (nSPS) is 21.4. The molecule has 0 spiro atoms. The number of likely N-dealkylation sites (tertiary alicyclic amines) is 1. The number of piperidine rings is 1. The topological polar surface area (TPSA) is 3.24 Å². The molecule has 92 valence electrons. The Morgan fingerprint density at radius 3 is 1.60 bits per heavy atom. The first-order valence-electron chi connectivity index (χ1n) is 6.70. The minimum Gasteiger partial charge on any atom is -0.301 e. The minimum absolute atomic E-state index is 0.603. The van der Waals surface area contributed by atoms with E-state index in [4.69, 9.17) is 0 Å². The molecule has 0 aromatic rings. The standard InChI is InChI=1S/C12H25N.C2H6/c1-10(2)12(5)6-8-13(9-7-12)11(3)4;1-2/h10-11H,6-9H2,1-5H3;1-2H3. The first-order chi connectivity index (χ1) is 6.96. The fourth-order valence-corrected chi connectivity index (χ4v) is 2.13. The minimum atomic E-state index is 0.603. The second kappa shape index (κ2) is 6.52. The zero-order valence-electron chi connectivity index (χ0n) is 11.9. The molecule has 1 heterocycles. The van der Waals surface area contributed by atoms with Crippen LogP contribution in [0.4, 0.5) is 0 Å². The molecule has 1 rings (SSSR count). The van der Waals surface area contributed by atoms with Gasteiger partial charge in [0.05, 0.1) is 0 Å². The van der Waals surface area contributed by atoms with E-state index in [1.165, 1.54) is 25.9 Å². The zero-order valence-corrected chi connectivity index (χ0v) is 11.9. The van der Waals surface area contributed by atoms with E-state index in [1.54, 1.807) is 0 Å². The summed E-state index contributed by atoms with van der Waals surface area (Å²) >= 11 is 0. The smallest absolute Gasteiger partial charge is 0.00385 e. The molecule has 0 N–H and O–H groups in total. The lowest BCUT2D eigenvalue weighted by Gasteiger charge is -2.43. The molecule has 0 bridgehead atoms. The van der Waals surface area contributed by atoms with Crippen molar-refractivity contribution in [3.63, 3.8) is 0 Å². The van der Waals surface area contributed by atoms with E-state index in [0.717, 1.165) is 12.0 Å². The molecule has 0 aliphatic carbocycles. The van der Waals surface area contributed by atoms with Gasteiger partial charge in [0.1, 0.15) is 0 Å². The zero-order chi connectivity index (χ0) is 12.1. The quantitative estimate of drug-likeness (QED) is 0.665. The number of hydrogen-bond donors (Lipinski definition) is 0. The summed E-state index contributed by atoms with van der Waals surface area (Å²) in [6, 6.07) is 0.733. The maximum Gasteiger partial charge on any atom is 0.00385 e. The first-order valence-corrected chi connectivity index (χ1v) is 6.70. The van der Waals surface area contributed by atoms with E-state index >= 15 is 0 Å². The van der Waals surface area contributed by atoms with Gasteiger partial charge in [0.25, 0.3) is 0 Å². The SMILES string of the molecule is CC.CC(C)N1CCC(C)(C(C)C)CC1. The Labute approximate surface area is 97.2 Å². The van der Waals surface area contributed by atoms with E-state index in [9.17, 15) is 0 Å². The van der Waals surface area contributed by atoms with E-state index in [-0.39, 0.29) is 0 Å². The highest BCUT2D eigenvalue weighted by Crippen LogP contribution is 2.38. The Morgan fingerprint density at radius 1 is 0.933 bits per heavy atom. The van der Waals surface area contributed by atoms with Crippen molar-refractivity contribution >= 4 is 0 Å². The molecule has 0 aromatic heterocycles. The molecule has 0 saturated carbocycles. The predicted octanol–water partition coefficient (Wildman–Crippen LogP) is 4.18. The van der Waals surface area contributed by atoms with Gasteiger partial charge in [0.2, 0.25) is 0 Å². The lowest BCUT2D eigenvalue weighted by Crippen LogP contribution is -2.43. The Bertz CT molecular complexity index is 153. The van der Waals surface area contributed by atoms with Gasteiger partial charge in [-0.05, 0) is 51.1 Å². The van der Waals surface area contributed by atoms with Crippen LogP contribution in [0.1, 0.15) is 61.3 Å². The summed E-state index contributed by atoms with van der Waals surface area (Å²) in [5, 5.41) is 0. The van der Waals surface area contributed by atoms with Crippen LogP contribution in [-0.4, -0.2) is 24.0 Å². The van der Waals surface area contributed by atoms with Crippen LogP contribution >= 0.6 is 0 Å². The van der Waals surface area contributed by atoms with Crippen LogP contribution in [-0.2, 0) is 0 Å². The van der Waals surface area contributed by atoms with Crippen molar-refractivity contribution in [2.45, 2.75) is 67.3 Å². The van der Waals surface area contributed by atoms with Crippen LogP contribution in [0.3, 0.4) is 0 Å². The summed E-state index contributed by atoms with van der Waals surface area (Å²) in [5.74, 6) is 0.835. The molecular weight excluding hydrogens is 182 g/mol. The molecule has 0 aromatic carbocycles. The van der Waals surface area contributed by atoms with Crippen LogP contribution in [0.2, 0.25) is 0 Å². The lowest BCUT2D eigenvalue weighted by atomic mass is 9.72. The first kappa shape index (κ1) is 15.0. The fraction of sp³-hybridized carbons (Fsp3) is 1.00. The van der Waals surface area contributed by atoms with E-state index in [2.05, 4.69) is 39.5 Å². The van der Waals surface area contributed by atoms with Gasteiger partial charge in [-0.25, -0.2) is 0 Å². The number of hydrogen-bond acceptors (Lipinski definition) is 1. The summed E-state index contributed by atoms with van der Waals surface area (Å²) in [6.07, 6.45) is 2.76. The average Bonchev–Trinajstić information content (AvgIpc) is 2.21. The third-order valence-electron chi connectivity index (χ3n) is 4.06. The third-order valence-corrected chi connectivity index (χ3v) is 4.06. The monoisotopic (exact) mass is 213 g/mol. The molecule has 15 heavy (non-hydrogen) atoms. The van der Waals surface area contributed by atoms with E-state index in [0.29, 0.717) is 5.41 Å². The average molecular weight is 213 g/mol. The summed E-state index contributed by atoms with van der Waals surface area (Å²) in [4.78, 5) is 2.60. The van der Waals surface area contributed by atoms with Crippen molar-refractivity contribution in [1.29, 1.82) is 0 Å². The van der Waals surface area contributed by atoms with Crippen molar-refractivity contribution in [3.05, 3.63) is 0 Å². The van der Waals surface area contributed by atoms with Gasteiger partial charge in [-0.1, -0.05) is 34.6 Å². The van der Waals surface area contributed by atoms with Gasteiger partial charge >= 0.3 is 0 Å². The van der Waals surface area contributed by atoms with Crippen LogP contribution in [0, 0.1) is 11.3 Å². The van der Waals surface area contributed by atoms with Crippen molar-refractivity contribution in [2.24, 2.45) is 11.3 Å². The van der Waals surface area contributed by atoms with Gasteiger partial charge < -0.3 is 4.90 Å². The Balaban J connectivity index is 0.000000921. The predicted molar refractivity (Wildman–Crippen MR) is 70.2 cm³/mol. The van der Waals surface area contributed by atoms with Crippen molar-refractivity contribution in [3.8, 4) is 0 Å². The molecule has 0 atom stereocenters. The highest BCUT2D eigenvalue weighted by molar-refractivity contribution is 4.85. The molecule has 0 radical (unpaired) electrons. The lowest BCUT2D eigenvalue weighted by molar-refractivity contribution is 0.0617. The molecule has 1 aliphatic rings.